The second-order valence-electron chi connectivity index (χ2n) is 7.18. The summed E-state index contributed by atoms with van der Waals surface area (Å²) in [6.45, 7) is 8.66. The average Bonchev–Trinajstić information content (AvgIpc) is 2.70. The molecule has 7 N–H and O–H groups in total. The van der Waals surface area contributed by atoms with Crippen molar-refractivity contribution in [3.8, 4) is 0 Å². The van der Waals surface area contributed by atoms with E-state index in [1.54, 1.807) is 7.05 Å². The molecule has 0 aromatic heterocycles. The second-order valence-corrected chi connectivity index (χ2v) is 7.18. The Morgan fingerprint density at radius 2 is 0.806 bits per heavy atom. The van der Waals surface area contributed by atoms with Crippen LogP contribution in [0.4, 0.5) is 0 Å². The molecule has 31 heavy (non-hydrogen) atoms. The van der Waals surface area contributed by atoms with E-state index >= 15 is 0 Å². The molecular formula is C19H40N8O4. The molecule has 0 aromatic carbocycles. The van der Waals surface area contributed by atoms with Crippen LogP contribution in [-0.2, 0) is 19.2 Å². The molecule has 12 nitrogen and oxygen atoms in total. The van der Waals surface area contributed by atoms with Crippen molar-refractivity contribution in [3.63, 3.8) is 0 Å². The molecule has 0 saturated carbocycles. The van der Waals surface area contributed by atoms with Gasteiger partial charge in [0.25, 0.3) is 0 Å². The quantitative estimate of drug-likeness (QED) is 0.298. The van der Waals surface area contributed by atoms with Gasteiger partial charge in [-0.05, 0) is 0 Å². The molecule has 1 fully saturated rings. The van der Waals surface area contributed by atoms with Crippen LogP contribution in [0, 0.1) is 0 Å². The molecule has 1 aliphatic rings. The minimum Gasteiger partial charge on any atom is -0.369 e. The third kappa shape index (κ3) is 14.4. The van der Waals surface area contributed by atoms with Gasteiger partial charge in [-0.25, -0.2) is 0 Å². The number of nitrogens with one attached hydrogen (secondary N) is 1. The van der Waals surface area contributed by atoms with Crippen LogP contribution in [-0.4, -0.2) is 129 Å². The summed E-state index contributed by atoms with van der Waals surface area (Å²) in [6.07, 6.45) is 0. The van der Waals surface area contributed by atoms with Gasteiger partial charge < -0.3 is 22.5 Å². The van der Waals surface area contributed by atoms with Crippen LogP contribution in [0.25, 0.3) is 0 Å². The molecule has 0 aliphatic carbocycles. The Hall–Kier alpha value is -2.28. The predicted octanol–water partition coefficient (Wildman–Crippen LogP) is -3.56. The van der Waals surface area contributed by atoms with Gasteiger partial charge in [-0.1, -0.05) is 13.8 Å². The molecule has 4 amide bonds. The van der Waals surface area contributed by atoms with Gasteiger partial charge in [0.05, 0.1) is 26.2 Å². The first-order valence-electron chi connectivity index (χ1n) is 10.6. The number of rotatable bonds is 8. The van der Waals surface area contributed by atoms with Crippen molar-refractivity contribution in [3.05, 3.63) is 0 Å². The fraction of sp³-hybridized carbons (Fsp3) is 0.789. The van der Waals surface area contributed by atoms with Crippen LogP contribution in [0.3, 0.4) is 0 Å². The van der Waals surface area contributed by atoms with Gasteiger partial charge in [0, 0.05) is 59.4 Å². The molecule has 0 atom stereocenters. The monoisotopic (exact) mass is 444 g/mol. The van der Waals surface area contributed by atoms with Crippen molar-refractivity contribution in [2.45, 2.75) is 13.8 Å². The zero-order chi connectivity index (χ0) is 23.8. The molecule has 1 aliphatic heterocycles. The minimum atomic E-state index is -0.447. The van der Waals surface area contributed by atoms with Crippen molar-refractivity contribution in [2.24, 2.45) is 17.2 Å². The maximum atomic E-state index is 11.8. The van der Waals surface area contributed by atoms with Gasteiger partial charge in [-0.2, -0.15) is 0 Å². The highest BCUT2D eigenvalue weighted by Crippen LogP contribution is 2.01. The van der Waals surface area contributed by atoms with E-state index in [9.17, 15) is 19.2 Å². The maximum Gasteiger partial charge on any atom is 0.233 e. The third-order valence-electron chi connectivity index (χ3n) is 4.71. The van der Waals surface area contributed by atoms with E-state index in [4.69, 9.17) is 17.2 Å². The lowest BCUT2D eigenvalue weighted by Gasteiger charge is -2.33. The lowest BCUT2D eigenvalue weighted by Crippen LogP contribution is -2.50. The standard InChI is InChI=1S/C17H34N8O4.C2H6/c1-21-17(29)13-25-8-6-23(11-15(19)27)4-2-22(10-14(18)26)3-5-24(7-9-25)12-16(20)28;1-2/h2-13H2,1H3,(H2,18,26)(H2,19,27)(H2,20,28)(H,21,29);1-2H3. The molecule has 0 unspecified atom stereocenters. The highest BCUT2D eigenvalue weighted by Gasteiger charge is 2.19. The Labute approximate surface area is 185 Å². The highest BCUT2D eigenvalue weighted by molar-refractivity contribution is 5.78. The fourth-order valence-electron chi connectivity index (χ4n) is 3.15. The molecule has 1 rings (SSSR count). The summed E-state index contributed by atoms with van der Waals surface area (Å²) in [5, 5.41) is 2.60. The Kier molecular flexibility index (Phi) is 15.2. The molecule has 180 valence electrons. The van der Waals surface area contributed by atoms with E-state index in [2.05, 4.69) is 5.32 Å². The smallest absolute Gasteiger partial charge is 0.233 e. The van der Waals surface area contributed by atoms with E-state index in [0.29, 0.717) is 52.4 Å². The van der Waals surface area contributed by atoms with Crippen molar-refractivity contribution in [2.75, 3.05) is 85.6 Å². The normalized spacial score (nSPS) is 18.0. The number of primary amides is 3. The summed E-state index contributed by atoms with van der Waals surface area (Å²) >= 11 is 0. The zero-order valence-corrected chi connectivity index (χ0v) is 19.1. The van der Waals surface area contributed by atoms with Gasteiger partial charge >= 0.3 is 0 Å². The first-order chi connectivity index (χ1) is 14.7. The molecule has 0 aromatic rings. The first kappa shape index (κ1) is 28.7. The Morgan fingerprint density at radius 1 is 0.581 bits per heavy atom. The van der Waals surface area contributed by atoms with Crippen LogP contribution < -0.4 is 22.5 Å². The lowest BCUT2D eigenvalue weighted by atomic mass is 10.3. The van der Waals surface area contributed by atoms with Crippen LogP contribution in [0.2, 0.25) is 0 Å². The van der Waals surface area contributed by atoms with Gasteiger partial charge in [0.1, 0.15) is 0 Å². The van der Waals surface area contributed by atoms with Crippen LogP contribution in [0.5, 0.6) is 0 Å². The van der Waals surface area contributed by atoms with E-state index in [0.717, 1.165) is 0 Å². The summed E-state index contributed by atoms with van der Waals surface area (Å²) < 4.78 is 0. The summed E-state index contributed by atoms with van der Waals surface area (Å²) in [6, 6.07) is 0. The average molecular weight is 445 g/mol. The van der Waals surface area contributed by atoms with Crippen LogP contribution in [0.15, 0.2) is 0 Å². The van der Waals surface area contributed by atoms with E-state index < -0.39 is 17.7 Å². The molecule has 1 heterocycles. The SMILES string of the molecule is CC.CNC(=O)CN1CCN(CC(N)=O)CCN(CC(N)=O)CCN(CC(N)=O)CC1. The number of hydrogen-bond donors (Lipinski definition) is 4. The van der Waals surface area contributed by atoms with Crippen molar-refractivity contribution < 1.29 is 19.2 Å². The summed E-state index contributed by atoms with van der Waals surface area (Å²) in [5.41, 5.74) is 16.1. The number of carbonyl (C=O) groups excluding carboxylic acids is 4. The number of hydrogen-bond acceptors (Lipinski definition) is 8. The first-order valence-corrected chi connectivity index (χ1v) is 10.6. The minimum absolute atomic E-state index is 0.0810. The maximum absolute atomic E-state index is 11.8. The number of carbonyl (C=O) groups is 4. The Balaban J connectivity index is 0.00000436. The molecule has 1 saturated heterocycles. The van der Waals surface area contributed by atoms with E-state index in [1.807, 2.05) is 33.4 Å². The summed E-state index contributed by atoms with van der Waals surface area (Å²) in [7, 11) is 1.57. The fourth-order valence-corrected chi connectivity index (χ4v) is 3.15. The molecular weight excluding hydrogens is 404 g/mol. The van der Waals surface area contributed by atoms with Gasteiger partial charge in [-0.15, -0.1) is 0 Å². The molecule has 0 bridgehead atoms. The molecule has 0 radical (unpaired) electrons. The highest BCUT2D eigenvalue weighted by atomic mass is 16.2. The van der Waals surface area contributed by atoms with Crippen molar-refractivity contribution >= 4 is 23.6 Å². The number of likely N-dealkylation sites (N-methyl/N-ethyl adjacent to an activating group) is 1. The van der Waals surface area contributed by atoms with Crippen LogP contribution in [0.1, 0.15) is 13.8 Å². The molecule has 0 spiro atoms. The molecule has 12 heteroatoms. The van der Waals surface area contributed by atoms with E-state index in [1.165, 1.54) is 0 Å². The van der Waals surface area contributed by atoms with Crippen molar-refractivity contribution in [1.29, 1.82) is 0 Å². The second kappa shape index (κ2) is 16.4. The van der Waals surface area contributed by atoms with E-state index in [-0.39, 0.29) is 32.1 Å². The Morgan fingerprint density at radius 3 is 1.00 bits per heavy atom. The van der Waals surface area contributed by atoms with Gasteiger partial charge in [0.2, 0.25) is 23.6 Å². The predicted molar refractivity (Wildman–Crippen MR) is 119 cm³/mol. The van der Waals surface area contributed by atoms with Crippen molar-refractivity contribution in [1.82, 2.24) is 24.9 Å². The van der Waals surface area contributed by atoms with Gasteiger partial charge in [0.15, 0.2) is 0 Å². The van der Waals surface area contributed by atoms with Crippen LogP contribution >= 0.6 is 0 Å². The topological polar surface area (TPSA) is 171 Å². The third-order valence-corrected chi connectivity index (χ3v) is 4.71. The number of nitrogens with two attached hydrogens (primary N) is 3. The largest absolute Gasteiger partial charge is 0.369 e. The number of amides is 4. The lowest BCUT2D eigenvalue weighted by molar-refractivity contribution is -0.123. The Bertz CT molecular complexity index is 543. The summed E-state index contributed by atoms with van der Waals surface area (Å²) in [5.74, 6) is -1.45. The van der Waals surface area contributed by atoms with Gasteiger partial charge in [-0.3, -0.25) is 38.8 Å². The summed E-state index contributed by atoms with van der Waals surface area (Å²) in [4.78, 5) is 53.7. The zero-order valence-electron chi connectivity index (χ0n) is 19.1. The number of nitrogens with zero attached hydrogens (tertiary/aromatic N) is 4.